The first kappa shape index (κ1) is 26.6. The van der Waals surface area contributed by atoms with E-state index in [2.05, 4.69) is 19.9 Å². The molecule has 0 fully saturated rings. The Morgan fingerprint density at radius 3 is 2.53 bits per heavy atom. The Balaban J connectivity index is 1.53. The summed E-state index contributed by atoms with van der Waals surface area (Å²) in [6.07, 6.45) is 2.09. The van der Waals surface area contributed by atoms with Gasteiger partial charge in [-0.05, 0) is 61.2 Å². The van der Waals surface area contributed by atoms with Crippen molar-refractivity contribution in [1.29, 1.82) is 5.26 Å². The average Bonchev–Trinajstić information content (AvgIpc) is 2.93. The van der Waals surface area contributed by atoms with Crippen molar-refractivity contribution in [2.75, 3.05) is 6.61 Å². The lowest BCUT2D eigenvalue weighted by molar-refractivity contribution is -0.141. The highest BCUT2D eigenvalue weighted by Gasteiger charge is 2.31. The van der Waals surface area contributed by atoms with E-state index in [1.807, 2.05) is 48.5 Å². The van der Waals surface area contributed by atoms with Gasteiger partial charge in [0.2, 0.25) is 5.88 Å². The smallest absolute Gasteiger partial charge is 0.352 e. The van der Waals surface area contributed by atoms with Crippen molar-refractivity contribution in [2.24, 2.45) is 5.73 Å². The lowest BCUT2D eigenvalue weighted by Gasteiger charge is -2.27. The van der Waals surface area contributed by atoms with Crippen LogP contribution in [0.4, 0.5) is 0 Å². The first-order valence-electron chi connectivity index (χ1n) is 12.8. The van der Waals surface area contributed by atoms with Gasteiger partial charge in [0.05, 0.1) is 12.5 Å². The van der Waals surface area contributed by atoms with Crippen molar-refractivity contribution in [2.45, 2.75) is 52.1 Å². The summed E-state index contributed by atoms with van der Waals surface area (Å²) in [7, 11) is 0. The minimum absolute atomic E-state index is 0.0120. The zero-order valence-electron chi connectivity index (χ0n) is 21.9. The molecule has 1 heterocycles. The fourth-order valence-electron chi connectivity index (χ4n) is 4.22. The van der Waals surface area contributed by atoms with E-state index < -0.39 is 18.0 Å². The molecule has 0 spiro atoms. The predicted octanol–water partition coefficient (Wildman–Crippen LogP) is 6.02. The molecule has 7 heteroatoms. The van der Waals surface area contributed by atoms with Crippen LogP contribution in [0, 0.1) is 11.3 Å². The van der Waals surface area contributed by atoms with Crippen LogP contribution in [-0.4, -0.2) is 18.7 Å². The van der Waals surface area contributed by atoms with Crippen LogP contribution in [-0.2, 0) is 11.2 Å². The van der Waals surface area contributed by atoms with Gasteiger partial charge in [-0.15, -0.1) is 0 Å². The zero-order chi connectivity index (χ0) is 27.1. The second kappa shape index (κ2) is 12.2. The summed E-state index contributed by atoms with van der Waals surface area (Å²) in [5.74, 6) is 1.03. The molecule has 0 saturated carbocycles. The summed E-state index contributed by atoms with van der Waals surface area (Å²) >= 11 is 0. The van der Waals surface area contributed by atoms with Crippen molar-refractivity contribution in [3.8, 4) is 29.1 Å². The third kappa shape index (κ3) is 6.09. The van der Waals surface area contributed by atoms with Crippen molar-refractivity contribution < 1.29 is 23.7 Å². The molecule has 1 aliphatic heterocycles. The Morgan fingerprint density at radius 2 is 1.82 bits per heavy atom. The highest BCUT2D eigenvalue weighted by atomic mass is 16.6. The molecule has 0 radical (unpaired) electrons. The largest absolute Gasteiger partial charge is 0.494 e. The molecule has 2 N–H and O–H groups in total. The Kier molecular flexibility index (Phi) is 8.55. The molecule has 0 aromatic heterocycles. The highest BCUT2D eigenvalue weighted by Crippen LogP contribution is 2.44. The van der Waals surface area contributed by atoms with Crippen molar-refractivity contribution in [3.05, 3.63) is 94.9 Å². The van der Waals surface area contributed by atoms with E-state index in [0.29, 0.717) is 23.7 Å². The number of nitriles is 1. The van der Waals surface area contributed by atoms with Crippen LogP contribution in [0.3, 0.4) is 0 Å². The minimum atomic E-state index is -0.821. The molecule has 1 aliphatic rings. The molecule has 4 rings (SSSR count). The zero-order valence-corrected chi connectivity index (χ0v) is 21.9. The standard InChI is InChI=1S/C31H32N2O5/c1-4-6-16-35-24-9-7-8-22(17-24)29-26-15-14-25(18-28(26)38-30(33)27(29)19-32)37-31(34)20(3)36-23-12-10-21(5-2)11-13-23/h7-15,17-18,20,29H,4-6,16,33H2,1-3H3. The summed E-state index contributed by atoms with van der Waals surface area (Å²) in [5, 5.41) is 9.86. The van der Waals surface area contributed by atoms with Gasteiger partial charge in [0.15, 0.2) is 6.10 Å². The van der Waals surface area contributed by atoms with E-state index in [-0.39, 0.29) is 11.6 Å². The first-order chi connectivity index (χ1) is 18.4. The number of esters is 1. The quantitative estimate of drug-likeness (QED) is 0.201. The Hall–Kier alpha value is -4.44. The number of nitrogens with two attached hydrogens (primary N) is 1. The number of carbonyl (C=O) groups is 1. The number of rotatable bonds is 10. The molecule has 0 saturated heterocycles. The second-order valence-electron chi connectivity index (χ2n) is 9.08. The molecule has 0 aliphatic carbocycles. The number of hydrogen-bond donors (Lipinski definition) is 1. The lowest BCUT2D eigenvalue weighted by atomic mass is 9.83. The van der Waals surface area contributed by atoms with E-state index in [1.165, 1.54) is 5.56 Å². The second-order valence-corrected chi connectivity index (χ2v) is 9.08. The molecule has 3 aromatic rings. The van der Waals surface area contributed by atoms with Crippen LogP contribution in [0.5, 0.6) is 23.0 Å². The predicted molar refractivity (Wildman–Crippen MR) is 144 cm³/mol. The van der Waals surface area contributed by atoms with Crippen LogP contribution < -0.4 is 24.7 Å². The molecule has 38 heavy (non-hydrogen) atoms. The van der Waals surface area contributed by atoms with Crippen molar-refractivity contribution in [1.82, 2.24) is 0 Å². The lowest BCUT2D eigenvalue weighted by Crippen LogP contribution is -2.28. The van der Waals surface area contributed by atoms with Gasteiger partial charge in [0.25, 0.3) is 0 Å². The molecule has 0 amide bonds. The fourth-order valence-corrected chi connectivity index (χ4v) is 4.22. The van der Waals surface area contributed by atoms with Crippen LogP contribution in [0.2, 0.25) is 0 Å². The first-order valence-corrected chi connectivity index (χ1v) is 12.8. The maximum absolute atomic E-state index is 12.7. The molecular formula is C31H32N2O5. The molecule has 3 aromatic carbocycles. The molecule has 2 unspecified atom stereocenters. The highest BCUT2D eigenvalue weighted by molar-refractivity contribution is 5.77. The molecule has 2 atom stereocenters. The maximum Gasteiger partial charge on any atom is 0.352 e. The monoisotopic (exact) mass is 512 g/mol. The van der Waals surface area contributed by atoms with Crippen molar-refractivity contribution in [3.63, 3.8) is 0 Å². The third-order valence-corrected chi connectivity index (χ3v) is 6.34. The summed E-state index contributed by atoms with van der Waals surface area (Å²) in [4.78, 5) is 12.7. The van der Waals surface area contributed by atoms with E-state index >= 15 is 0 Å². The number of unbranched alkanes of at least 4 members (excludes halogenated alkanes) is 1. The average molecular weight is 513 g/mol. The number of aryl methyl sites for hydroxylation is 1. The Bertz CT molecular complexity index is 1360. The van der Waals surface area contributed by atoms with Crippen LogP contribution >= 0.6 is 0 Å². The number of allylic oxidation sites excluding steroid dienone is 1. The van der Waals surface area contributed by atoms with E-state index in [4.69, 9.17) is 24.7 Å². The van der Waals surface area contributed by atoms with E-state index in [9.17, 15) is 10.1 Å². The molecular weight excluding hydrogens is 480 g/mol. The summed E-state index contributed by atoms with van der Waals surface area (Å²) in [6, 6.07) is 22.5. The van der Waals surface area contributed by atoms with Gasteiger partial charge in [-0.2, -0.15) is 5.26 Å². The van der Waals surface area contributed by atoms with E-state index in [0.717, 1.165) is 36.1 Å². The summed E-state index contributed by atoms with van der Waals surface area (Å²) in [6.45, 7) is 6.44. The number of carbonyl (C=O) groups excluding carboxylic acids is 1. The number of fused-ring (bicyclic) bond motifs is 1. The fraction of sp³-hybridized carbons (Fsp3) is 0.290. The number of ether oxygens (including phenoxy) is 4. The number of benzene rings is 3. The molecule has 196 valence electrons. The maximum atomic E-state index is 12.7. The van der Waals surface area contributed by atoms with Crippen LogP contribution in [0.25, 0.3) is 0 Å². The van der Waals surface area contributed by atoms with Gasteiger partial charge in [-0.1, -0.05) is 50.6 Å². The van der Waals surface area contributed by atoms with Crippen molar-refractivity contribution >= 4 is 5.97 Å². The Morgan fingerprint density at radius 1 is 1.05 bits per heavy atom. The van der Waals surface area contributed by atoms with Gasteiger partial charge >= 0.3 is 5.97 Å². The van der Waals surface area contributed by atoms with Gasteiger partial charge in [-0.3, -0.25) is 0 Å². The number of hydrogen-bond acceptors (Lipinski definition) is 7. The SMILES string of the molecule is CCCCOc1cccc(C2C(C#N)=C(N)Oc3cc(OC(=O)C(C)Oc4ccc(CC)cc4)ccc32)c1. The molecule has 7 nitrogen and oxygen atoms in total. The van der Waals surface area contributed by atoms with E-state index in [1.54, 1.807) is 25.1 Å². The summed E-state index contributed by atoms with van der Waals surface area (Å²) < 4.78 is 23.0. The molecule has 0 bridgehead atoms. The minimum Gasteiger partial charge on any atom is -0.494 e. The van der Waals surface area contributed by atoms with Gasteiger partial charge < -0.3 is 24.7 Å². The third-order valence-electron chi connectivity index (χ3n) is 6.34. The van der Waals surface area contributed by atoms with Gasteiger partial charge in [0, 0.05) is 11.6 Å². The topological polar surface area (TPSA) is 104 Å². The number of nitrogens with zero attached hydrogens (tertiary/aromatic N) is 1. The van der Waals surface area contributed by atoms with Crippen LogP contribution in [0.1, 0.15) is 56.2 Å². The normalized spacial score (nSPS) is 15.1. The van der Waals surface area contributed by atoms with Gasteiger partial charge in [-0.25, -0.2) is 4.79 Å². The van der Waals surface area contributed by atoms with Gasteiger partial charge in [0.1, 0.15) is 34.6 Å². The van der Waals surface area contributed by atoms with Crippen LogP contribution in [0.15, 0.2) is 78.2 Å². The summed E-state index contributed by atoms with van der Waals surface area (Å²) in [5.41, 5.74) is 9.23. The Labute approximate surface area is 223 Å².